The minimum Gasteiger partial charge on any atom is -0.389 e. The highest BCUT2D eigenvalue weighted by atomic mass is 32.2. The van der Waals surface area contributed by atoms with Crippen LogP contribution >= 0.6 is 24.0 Å². The van der Waals surface area contributed by atoms with Crippen LogP contribution < -0.4 is 11.1 Å². The SMILES string of the molecule is CSc1cccc(NC(C)c2ccccc2C)c1C(N)=S. The average molecular weight is 316 g/mol. The fourth-order valence-electron chi connectivity index (χ4n) is 2.46. The van der Waals surface area contributed by atoms with Crippen LogP contribution in [0.5, 0.6) is 0 Å². The molecule has 0 saturated carbocycles. The van der Waals surface area contributed by atoms with E-state index < -0.39 is 0 Å². The van der Waals surface area contributed by atoms with Crippen LogP contribution in [0, 0.1) is 6.92 Å². The third-order valence-electron chi connectivity index (χ3n) is 3.52. The number of hydrogen-bond donors (Lipinski definition) is 2. The molecule has 3 N–H and O–H groups in total. The van der Waals surface area contributed by atoms with E-state index in [9.17, 15) is 0 Å². The highest BCUT2D eigenvalue weighted by Gasteiger charge is 2.14. The average Bonchev–Trinajstić information content (AvgIpc) is 2.46. The first-order chi connectivity index (χ1) is 10.0. The zero-order valence-electron chi connectivity index (χ0n) is 12.5. The summed E-state index contributed by atoms with van der Waals surface area (Å²) in [5.41, 5.74) is 10.4. The van der Waals surface area contributed by atoms with Gasteiger partial charge in [0.1, 0.15) is 4.99 Å². The number of aryl methyl sites for hydroxylation is 1. The Bertz CT molecular complexity index is 653. The third kappa shape index (κ3) is 3.57. The number of nitrogens with one attached hydrogen (secondary N) is 1. The van der Waals surface area contributed by atoms with Crippen molar-refractivity contribution in [3.63, 3.8) is 0 Å². The monoisotopic (exact) mass is 316 g/mol. The summed E-state index contributed by atoms with van der Waals surface area (Å²) in [5, 5.41) is 3.54. The molecule has 4 heteroatoms. The normalized spacial score (nSPS) is 12.0. The Labute approximate surface area is 136 Å². The lowest BCUT2D eigenvalue weighted by Crippen LogP contribution is -2.16. The Morgan fingerprint density at radius 1 is 1.19 bits per heavy atom. The first kappa shape index (κ1) is 15.9. The van der Waals surface area contributed by atoms with Crippen molar-refractivity contribution in [2.45, 2.75) is 24.8 Å². The van der Waals surface area contributed by atoms with E-state index in [1.165, 1.54) is 11.1 Å². The summed E-state index contributed by atoms with van der Waals surface area (Å²) in [6.45, 7) is 4.28. The van der Waals surface area contributed by atoms with Gasteiger partial charge in [0.15, 0.2) is 0 Å². The zero-order valence-corrected chi connectivity index (χ0v) is 14.1. The lowest BCUT2D eigenvalue weighted by Gasteiger charge is -2.21. The van der Waals surface area contributed by atoms with E-state index in [0.717, 1.165) is 16.1 Å². The summed E-state index contributed by atoms with van der Waals surface area (Å²) < 4.78 is 0. The van der Waals surface area contributed by atoms with Crippen molar-refractivity contribution in [1.29, 1.82) is 0 Å². The van der Waals surface area contributed by atoms with Crippen molar-refractivity contribution in [3.8, 4) is 0 Å². The second-order valence-corrected chi connectivity index (χ2v) is 6.26. The molecule has 1 atom stereocenters. The molecule has 0 aliphatic carbocycles. The van der Waals surface area contributed by atoms with Crippen molar-refractivity contribution in [3.05, 3.63) is 59.2 Å². The minimum atomic E-state index is 0.191. The molecule has 0 bridgehead atoms. The van der Waals surface area contributed by atoms with Crippen LogP contribution in [0.1, 0.15) is 29.7 Å². The molecule has 110 valence electrons. The molecule has 2 aromatic rings. The van der Waals surface area contributed by atoms with Crippen molar-refractivity contribution >= 4 is 34.7 Å². The number of thiocarbonyl (C=S) groups is 1. The van der Waals surface area contributed by atoms with Gasteiger partial charge >= 0.3 is 0 Å². The molecule has 1 unspecified atom stereocenters. The van der Waals surface area contributed by atoms with E-state index in [2.05, 4.69) is 43.4 Å². The minimum absolute atomic E-state index is 0.191. The Morgan fingerprint density at radius 2 is 1.90 bits per heavy atom. The van der Waals surface area contributed by atoms with Crippen LogP contribution in [0.4, 0.5) is 5.69 Å². The van der Waals surface area contributed by atoms with Gasteiger partial charge in [0.25, 0.3) is 0 Å². The van der Waals surface area contributed by atoms with Crippen molar-refractivity contribution in [1.82, 2.24) is 0 Å². The number of anilines is 1. The van der Waals surface area contributed by atoms with Gasteiger partial charge in [-0.05, 0) is 43.4 Å². The molecule has 2 nitrogen and oxygen atoms in total. The van der Waals surface area contributed by atoms with Crippen LogP contribution in [-0.4, -0.2) is 11.2 Å². The summed E-state index contributed by atoms with van der Waals surface area (Å²) in [4.78, 5) is 1.53. The van der Waals surface area contributed by atoms with E-state index >= 15 is 0 Å². The summed E-state index contributed by atoms with van der Waals surface area (Å²) in [5.74, 6) is 0. The quantitative estimate of drug-likeness (QED) is 0.628. The van der Waals surface area contributed by atoms with Crippen LogP contribution in [0.2, 0.25) is 0 Å². The van der Waals surface area contributed by atoms with Gasteiger partial charge in [-0.15, -0.1) is 11.8 Å². The molecule has 0 aliphatic heterocycles. The largest absolute Gasteiger partial charge is 0.389 e. The van der Waals surface area contributed by atoms with Crippen LogP contribution in [0.3, 0.4) is 0 Å². The summed E-state index contributed by atoms with van der Waals surface area (Å²) in [6.07, 6.45) is 2.03. The van der Waals surface area contributed by atoms with Crippen molar-refractivity contribution < 1.29 is 0 Å². The van der Waals surface area contributed by atoms with Crippen molar-refractivity contribution in [2.75, 3.05) is 11.6 Å². The first-order valence-corrected chi connectivity index (χ1v) is 8.46. The molecule has 2 rings (SSSR count). The van der Waals surface area contributed by atoms with Crippen LogP contribution in [-0.2, 0) is 0 Å². The highest BCUT2D eigenvalue weighted by molar-refractivity contribution is 7.98. The standard InChI is InChI=1S/C17H20N2S2/c1-11-7-4-5-8-13(11)12(2)19-14-9-6-10-15(21-3)16(14)17(18)20/h4-10,12,19H,1-3H3,(H2,18,20). The number of thioether (sulfide) groups is 1. The molecule has 21 heavy (non-hydrogen) atoms. The Morgan fingerprint density at radius 3 is 2.52 bits per heavy atom. The molecule has 0 amide bonds. The molecule has 0 aromatic heterocycles. The molecular weight excluding hydrogens is 296 g/mol. The molecular formula is C17H20N2S2. The second-order valence-electron chi connectivity index (χ2n) is 4.97. The fraction of sp³-hybridized carbons (Fsp3) is 0.235. The number of hydrogen-bond acceptors (Lipinski definition) is 3. The van der Waals surface area contributed by atoms with Gasteiger partial charge in [-0.2, -0.15) is 0 Å². The number of benzene rings is 2. The summed E-state index contributed by atoms with van der Waals surface area (Å²) >= 11 is 6.88. The van der Waals surface area contributed by atoms with E-state index in [-0.39, 0.29) is 6.04 Å². The maximum atomic E-state index is 5.91. The molecule has 0 fully saturated rings. The topological polar surface area (TPSA) is 38.0 Å². The van der Waals surface area contributed by atoms with E-state index in [1.807, 2.05) is 24.5 Å². The molecule has 2 aromatic carbocycles. The molecule has 0 spiro atoms. The highest BCUT2D eigenvalue weighted by Crippen LogP contribution is 2.30. The van der Waals surface area contributed by atoms with Gasteiger partial charge in [0, 0.05) is 22.2 Å². The van der Waals surface area contributed by atoms with Gasteiger partial charge in [-0.3, -0.25) is 0 Å². The Hall–Kier alpha value is -1.52. The first-order valence-electron chi connectivity index (χ1n) is 6.83. The smallest absolute Gasteiger partial charge is 0.107 e. The Balaban J connectivity index is 2.36. The maximum absolute atomic E-state index is 5.91. The lowest BCUT2D eigenvalue weighted by molar-refractivity contribution is 0.873. The van der Waals surface area contributed by atoms with Gasteiger partial charge < -0.3 is 11.1 Å². The third-order valence-corrected chi connectivity index (χ3v) is 4.50. The van der Waals surface area contributed by atoms with Gasteiger partial charge in [-0.1, -0.05) is 42.5 Å². The molecule has 0 aliphatic rings. The zero-order chi connectivity index (χ0) is 15.4. The van der Waals surface area contributed by atoms with Gasteiger partial charge in [0.05, 0.1) is 0 Å². The predicted octanol–water partition coefficient (Wildman–Crippen LogP) is 4.52. The molecule has 0 saturated heterocycles. The predicted molar refractivity (Wildman–Crippen MR) is 97.3 cm³/mol. The summed E-state index contributed by atoms with van der Waals surface area (Å²) in [7, 11) is 0. The lowest BCUT2D eigenvalue weighted by atomic mass is 10.0. The summed E-state index contributed by atoms with van der Waals surface area (Å²) in [6, 6.07) is 14.7. The fourth-order valence-corrected chi connectivity index (χ4v) is 3.38. The number of nitrogens with two attached hydrogens (primary N) is 1. The Kier molecular flexibility index (Phi) is 5.26. The van der Waals surface area contributed by atoms with Gasteiger partial charge in [-0.25, -0.2) is 0 Å². The number of rotatable bonds is 5. The van der Waals surface area contributed by atoms with Crippen LogP contribution in [0.15, 0.2) is 47.4 Å². The van der Waals surface area contributed by atoms with Crippen molar-refractivity contribution in [2.24, 2.45) is 5.73 Å². The molecule has 0 heterocycles. The maximum Gasteiger partial charge on any atom is 0.107 e. The molecule has 0 radical (unpaired) electrons. The van der Waals surface area contributed by atoms with E-state index in [0.29, 0.717) is 4.99 Å². The van der Waals surface area contributed by atoms with E-state index in [1.54, 1.807) is 11.8 Å². The second kappa shape index (κ2) is 6.96. The van der Waals surface area contributed by atoms with Crippen LogP contribution in [0.25, 0.3) is 0 Å². The van der Waals surface area contributed by atoms with E-state index in [4.69, 9.17) is 18.0 Å². The van der Waals surface area contributed by atoms with Gasteiger partial charge in [0.2, 0.25) is 0 Å².